The largest absolute Gasteiger partial charge is 0.490 e. The highest BCUT2D eigenvalue weighted by molar-refractivity contribution is 9.10. The van der Waals surface area contributed by atoms with Crippen molar-refractivity contribution in [1.82, 2.24) is 0 Å². The zero-order valence-corrected chi connectivity index (χ0v) is 15.6. The molecule has 2 aromatic rings. The van der Waals surface area contributed by atoms with Gasteiger partial charge < -0.3 is 14.8 Å². The summed E-state index contributed by atoms with van der Waals surface area (Å²) in [6, 6.07) is 12.5. The molecule has 0 spiro atoms. The second kappa shape index (κ2) is 8.82. The Labute approximate surface area is 147 Å². The number of rotatable bonds is 8. The summed E-state index contributed by atoms with van der Waals surface area (Å²) in [7, 11) is 0. The Bertz CT molecular complexity index is 643. The zero-order chi connectivity index (χ0) is 16.7. The highest BCUT2D eigenvalue weighted by atomic mass is 79.9. The molecule has 1 N–H and O–H groups in total. The number of hydrogen-bond acceptors (Lipinski definition) is 3. The fourth-order valence-corrected chi connectivity index (χ4v) is 2.89. The van der Waals surface area contributed by atoms with E-state index in [1.54, 1.807) is 0 Å². The number of halogens is 1. The number of benzene rings is 2. The van der Waals surface area contributed by atoms with Crippen molar-refractivity contribution in [2.45, 2.75) is 33.7 Å². The molecule has 0 bridgehead atoms. The number of hydrogen-bond donors (Lipinski definition) is 1. The van der Waals surface area contributed by atoms with Crippen molar-refractivity contribution in [3.8, 4) is 11.5 Å². The van der Waals surface area contributed by atoms with Crippen LogP contribution in [0.4, 0.5) is 5.69 Å². The van der Waals surface area contributed by atoms with Crippen molar-refractivity contribution >= 4 is 21.6 Å². The van der Waals surface area contributed by atoms with Crippen LogP contribution in [-0.4, -0.2) is 13.2 Å². The fraction of sp³-hybridized carbons (Fsp3) is 0.368. The SMILES string of the molecule is CCCOc1c(Br)cc(CNc2cccc(C)c2)cc1OCC. The molecule has 0 heterocycles. The standard InChI is InChI=1S/C19H24BrNO2/c1-4-9-23-19-17(20)11-15(12-18(19)22-5-2)13-21-16-8-6-7-14(3)10-16/h6-8,10-12,21H,4-5,9,13H2,1-3H3. The molecule has 23 heavy (non-hydrogen) atoms. The van der Waals surface area contributed by atoms with E-state index in [1.807, 2.05) is 13.0 Å². The van der Waals surface area contributed by atoms with E-state index in [4.69, 9.17) is 9.47 Å². The molecular weight excluding hydrogens is 354 g/mol. The second-order valence-corrected chi connectivity index (χ2v) is 6.26. The van der Waals surface area contributed by atoms with Crippen LogP contribution in [0.2, 0.25) is 0 Å². The van der Waals surface area contributed by atoms with E-state index < -0.39 is 0 Å². The molecule has 0 amide bonds. The third-order valence-corrected chi connectivity index (χ3v) is 3.92. The summed E-state index contributed by atoms with van der Waals surface area (Å²) < 4.78 is 12.5. The number of aryl methyl sites for hydroxylation is 1. The number of ether oxygens (including phenoxy) is 2. The first-order valence-corrected chi connectivity index (χ1v) is 8.81. The van der Waals surface area contributed by atoms with Gasteiger partial charge in [-0.05, 0) is 71.6 Å². The molecular formula is C19H24BrNO2. The van der Waals surface area contributed by atoms with Gasteiger partial charge in [-0.1, -0.05) is 19.1 Å². The molecule has 0 saturated heterocycles. The van der Waals surface area contributed by atoms with E-state index in [2.05, 4.69) is 65.4 Å². The maximum atomic E-state index is 5.81. The van der Waals surface area contributed by atoms with Gasteiger partial charge in [0.1, 0.15) is 0 Å². The Morgan fingerprint density at radius 1 is 1.09 bits per heavy atom. The molecule has 124 valence electrons. The van der Waals surface area contributed by atoms with Crippen LogP contribution in [0.5, 0.6) is 11.5 Å². The van der Waals surface area contributed by atoms with Crippen molar-refractivity contribution in [2.75, 3.05) is 18.5 Å². The minimum absolute atomic E-state index is 0.615. The van der Waals surface area contributed by atoms with Gasteiger partial charge in [0.15, 0.2) is 11.5 Å². The van der Waals surface area contributed by atoms with Crippen LogP contribution < -0.4 is 14.8 Å². The van der Waals surface area contributed by atoms with Gasteiger partial charge in [0.2, 0.25) is 0 Å². The van der Waals surface area contributed by atoms with Crippen molar-refractivity contribution in [2.24, 2.45) is 0 Å². The molecule has 0 aliphatic rings. The predicted octanol–water partition coefficient (Wildman–Crippen LogP) is 5.56. The van der Waals surface area contributed by atoms with Gasteiger partial charge in [-0.25, -0.2) is 0 Å². The first-order valence-electron chi connectivity index (χ1n) is 8.02. The lowest BCUT2D eigenvalue weighted by Gasteiger charge is -2.16. The Balaban J connectivity index is 2.15. The summed E-state index contributed by atoms with van der Waals surface area (Å²) in [4.78, 5) is 0. The minimum atomic E-state index is 0.615. The highest BCUT2D eigenvalue weighted by Gasteiger charge is 2.12. The lowest BCUT2D eigenvalue weighted by molar-refractivity contribution is 0.275. The molecule has 0 saturated carbocycles. The third-order valence-electron chi connectivity index (χ3n) is 3.33. The van der Waals surface area contributed by atoms with E-state index in [-0.39, 0.29) is 0 Å². The molecule has 0 aliphatic carbocycles. The molecule has 0 fully saturated rings. The summed E-state index contributed by atoms with van der Waals surface area (Å²) in [6.45, 7) is 8.19. The molecule has 0 unspecified atom stereocenters. The third kappa shape index (κ3) is 5.17. The Hall–Kier alpha value is -1.68. The van der Waals surface area contributed by atoms with E-state index in [0.29, 0.717) is 13.2 Å². The Morgan fingerprint density at radius 3 is 2.61 bits per heavy atom. The van der Waals surface area contributed by atoms with Crippen LogP contribution in [-0.2, 0) is 6.54 Å². The van der Waals surface area contributed by atoms with Crippen LogP contribution in [0, 0.1) is 6.92 Å². The quantitative estimate of drug-likeness (QED) is 0.653. The summed E-state index contributed by atoms with van der Waals surface area (Å²) >= 11 is 3.60. The summed E-state index contributed by atoms with van der Waals surface area (Å²) in [5, 5.41) is 3.44. The Morgan fingerprint density at radius 2 is 1.91 bits per heavy atom. The topological polar surface area (TPSA) is 30.5 Å². The number of nitrogens with one attached hydrogen (secondary N) is 1. The lowest BCUT2D eigenvalue weighted by Crippen LogP contribution is -2.04. The van der Waals surface area contributed by atoms with Gasteiger partial charge in [0.05, 0.1) is 17.7 Å². The second-order valence-electron chi connectivity index (χ2n) is 5.41. The smallest absolute Gasteiger partial charge is 0.175 e. The van der Waals surface area contributed by atoms with Crippen LogP contribution in [0.15, 0.2) is 40.9 Å². The minimum Gasteiger partial charge on any atom is -0.490 e. The van der Waals surface area contributed by atoms with Gasteiger partial charge in [-0.3, -0.25) is 0 Å². The van der Waals surface area contributed by atoms with Crippen molar-refractivity contribution in [3.05, 3.63) is 52.0 Å². The van der Waals surface area contributed by atoms with E-state index in [1.165, 1.54) is 5.56 Å². The molecule has 4 heteroatoms. The van der Waals surface area contributed by atoms with Crippen LogP contribution in [0.3, 0.4) is 0 Å². The van der Waals surface area contributed by atoms with E-state index in [9.17, 15) is 0 Å². The van der Waals surface area contributed by atoms with Gasteiger partial charge in [-0.2, -0.15) is 0 Å². The summed E-state index contributed by atoms with van der Waals surface area (Å²) in [6.07, 6.45) is 0.967. The highest BCUT2D eigenvalue weighted by Crippen LogP contribution is 2.37. The zero-order valence-electron chi connectivity index (χ0n) is 14.0. The van der Waals surface area contributed by atoms with Crippen molar-refractivity contribution < 1.29 is 9.47 Å². The lowest BCUT2D eigenvalue weighted by atomic mass is 10.1. The first kappa shape index (κ1) is 17.7. The summed E-state index contributed by atoms with van der Waals surface area (Å²) in [5.41, 5.74) is 3.51. The van der Waals surface area contributed by atoms with Crippen LogP contribution >= 0.6 is 15.9 Å². The van der Waals surface area contributed by atoms with Gasteiger partial charge in [0.25, 0.3) is 0 Å². The van der Waals surface area contributed by atoms with Crippen molar-refractivity contribution in [3.63, 3.8) is 0 Å². The summed E-state index contributed by atoms with van der Waals surface area (Å²) in [5.74, 6) is 1.57. The van der Waals surface area contributed by atoms with E-state index in [0.717, 1.165) is 40.2 Å². The molecule has 3 nitrogen and oxygen atoms in total. The average Bonchev–Trinajstić information content (AvgIpc) is 2.52. The average molecular weight is 378 g/mol. The predicted molar refractivity (Wildman–Crippen MR) is 99.6 cm³/mol. The van der Waals surface area contributed by atoms with Crippen LogP contribution in [0.25, 0.3) is 0 Å². The molecule has 2 aromatic carbocycles. The van der Waals surface area contributed by atoms with Gasteiger partial charge in [-0.15, -0.1) is 0 Å². The van der Waals surface area contributed by atoms with Crippen LogP contribution in [0.1, 0.15) is 31.4 Å². The fourth-order valence-electron chi connectivity index (χ4n) is 2.29. The van der Waals surface area contributed by atoms with Gasteiger partial charge >= 0.3 is 0 Å². The number of anilines is 1. The van der Waals surface area contributed by atoms with Gasteiger partial charge in [0, 0.05) is 12.2 Å². The monoisotopic (exact) mass is 377 g/mol. The maximum absolute atomic E-state index is 5.81. The Kier molecular flexibility index (Phi) is 6.78. The molecule has 0 aromatic heterocycles. The molecule has 2 rings (SSSR count). The normalized spacial score (nSPS) is 10.4. The van der Waals surface area contributed by atoms with Crippen molar-refractivity contribution in [1.29, 1.82) is 0 Å². The molecule has 0 atom stereocenters. The molecule has 0 aliphatic heterocycles. The first-order chi connectivity index (χ1) is 11.1. The maximum Gasteiger partial charge on any atom is 0.175 e. The molecule has 0 radical (unpaired) electrons. The van der Waals surface area contributed by atoms with E-state index >= 15 is 0 Å².